The third-order valence-corrected chi connectivity index (χ3v) is 2.85. The van der Waals surface area contributed by atoms with Crippen LogP contribution in [0.4, 0.5) is 14.5 Å². The van der Waals surface area contributed by atoms with Gasteiger partial charge in [-0.1, -0.05) is 0 Å². The van der Waals surface area contributed by atoms with Crippen LogP contribution in [-0.2, 0) is 11.2 Å². The van der Waals surface area contributed by atoms with Gasteiger partial charge in [0.2, 0.25) is 0 Å². The number of hydrogen-bond donors (Lipinski definition) is 1. The Kier molecular flexibility index (Phi) is 3.26. The number of ether oxygens (including phenoxy) is 1. The molecule has 1 N–H and O–H groups in total. The lowest BCUT2D eigenvalue weighted by atomic mass is 9.97. The molecule has 0 saturated heterocycles. The van der Waals surface area contributed by atoms with E-state index in [-0.39, 0.29) is 11.1 Å². The summed E-state index contributed by atoms with van der Waals surface area (Å²) in [5, 5.41) is 3.06. The lowest BCUT2D eigenvalue weighted by Gasteiger charge is -2.20. The molecular formula is C12H13F2NO2. The molecule has 1 heterocycles. The number of esters is 1. The number of anilines is 1. The molecule has 5 heteroatoms. The highest BCUT2D eigenvalue weighted by molar-refractivity contribution is 5.92. The van der Waals surface area contributed by atoms with E-state index in [4.69, 9.17) is 0 Å². The summed E-state index contributed by atoms with van der Waals surface area (Å²) in [7, 11) is 1.19. The Morgan fingerprint density at radius 1 is 1.47 bits per heavy atom. The molecule has 0 radical (unpaired) electrons. The van der Waals surface area contributed by atoms with Gasteiger partial charge < -0.3 is 10.1 Å². The Morgan fingerprint density at radius 2 is 2.24 bits per heavy atom. The highest BCUT2D eigenvalue weighted by atomic mass is 19.3. The van der Waals surface area contributed by atoms with Crippen LogP contribution < -0.4 is 5.32 Å². The number of fused-ring (bicyclic) bond motifs is 1. The normalized spacial score (nSPS) is 14.1. The molecule has 2 rings (SSSR count). The van der Waals surface area contributed by atoms with Gasteiger partial charge in [-0.25, -0.2) is 13.6 Å². The monoisotopic (exact) mass is 241 g/mol. The highest BCUT2D eigenvalue weighted by Gasteiger charge is 2.22. The number of rotatable bonds is 2. The number of halogens is 2. The third-order valence-electron chi connectivity index (χ3n) is 2.85. The van der Waals surface area contributed by atoms with Crippen LogP contribution >= 0.6 is 0 Å². The summed E-state index contributed by atoms with van der Waals surface area (Å²) in [6.07, 6.45) is -0.963. The molecule has 0 aromatic heterocycles. The molecule has 0 bridgehead atoms. The van der Waals surface area contributed by atoms with Gasteiger partial charge in [-0.2, -0.15) is 0 Å². The van der Waals surface area contributed by atoms with Gasteiger partial charge in [-0.05, 0) is 30.5 Å². The summed E-state index contributed by atoms with van der Waals surface area (Å²) in [4.78, 5) is 11.4. The van der Waals surface area contributed by atoms with Gasteiger partial charge in [-0.3, -0.25) is 0 Å². The molecule has 0 saturated carbocycles. The Hall–Kier alpha value is -1.65. The number of carbonyl (C=O) groups is 1. The van der Waals surface area contributed by atoms with E-state index >= 15 is 0 Å². The molecule has 0 unspecified atom stereocenters. The molecule has 17 heavy (non-hydrogen) atoms. The zero-order chi connectivity index (χ0) is 12.4. The average Bonchev–Trinajstić information content (AvgIpc) is 2.36. The first kappa shape index (κ1) is 11.8. The number of carbonyl (C=O) groups excluding carboxylic acids is 1. The molecule has 1 aliphatic rings. The van der Waals surface area contributed by atoms with Crippen molar-refractivity contribution < 1.29 is 18.3 Å². The van der Waals surface area contributed by atoms with Gasteiger partial charge in [-0.15, -0.1) is 0 Å². The van der Waals surface area contributed by atoms with E-state index in [1.807, 2.05) is 0 Å². The molecule has 0 aliphatic carbocycles. The molecule has 0 spiro atoms. The molecular weight excluding hydrogens is 228 g/mol. The summed E-state index contributed by atoms with van der Waals surface area (Å²) in [5.41, 5.74) is 1.27. The van der Waals surface area contributed by atoms with Crippen molar-refractivity contribution in [2.24, 2.45) is 0 Å². The Bertz CT molecular complexity index is 446. The number of hydrogen-bond acceptors (Lipinski definition) is 3. The second-order valence-corrected chi connectivity index (χ2v) is 3.92. The Balaban J connectivity index is 2.52. The number of nitrogens with one attached hydrogen (secondary N) is 1. The Labute approximate surface area is 97.8 Å². The Morgan fingerprint density at radius 3 is 2.88 bits per heavy atom. The van der Waals surface area contributed by atoms with Crippen LogP contribution in [-0.4, -0.2) is 19.6 Å². The van der Waals surface area contributed by atoms with Crippen LogP contribution in [0.3, 0.4) is 0 Å². The second-order valence-electron chi connectivity index (χ2n) is 3.92. The first-order valence-electron chi connectivity index (χ1n) is 5.40. The van der Waals surface area contributed by atoms with Crippen LogP contribution in [0.1, 0.15) is 34.3 Å². The fraction of sp³-hybridized carbons (Fsp3) is 0.417. The van der Waals surface area contributed by atoms with E-state index in [0.717, 1.165) is 24.9 Å². The summed E-state index contributed by atoms with van der Waals surface area (Å²) >= 11 is 0. The van der Waals surface area contributed by atoms with Crippen molar-refractivity contribution in [3.63, 3.8) is 0 Å². The van der Waals surface area contributed by atoms with Crippen LogP contribution in [0.15, 0.2) is 12.1 Å². The predicted molar refractivity (Wildman–Crippen MR) is 59.5 cm³/mol. The minimum absolute atomic E-state index is 0.0371. The largest absolute Gasteiger partial charge is 0.465 e. The SMILES string of the molecule is COC(=O)c1cc2c(cc1C(F)F)NCCC2. The van der Waals surface area contributed by atoms with Crippen molar-refractivity contribution in [1.29, 1.82) is 0 Å². The van der Waals surface area contributed by atoms with E-state index in [1.165, 1.54) is 19.2 Å². The van der Waals surface area contributed by atoms with Crippen molar-refractivity contribution in [3.8, 4) is 0 Å². The third kappa shape index (κ3) is 2.23. The maximum absolute atomic E-state index is 12.9. The minimum Gasteiger partial charge on any atom is -0.465 e. The summed E-state index contributed by atoms with van der Waals surface area (Å²) in [6.45, 7) is 0.771. The maximum Gasteiger partial charge on any atom is 0.338 e. The van der Waals surface area contributed by atoms with Crippen molar-refractivity contribution in [2.75, 3.05) is 19.0 Å². The molecule has 1 aliphatic heterocycles. The van der Waals surface area contributed by atoms with E-state index in [0.29, 0.717) is 5.69 Å². The molecule has 92 valence electrons. The first-order chi connectivity index (χ1) is 8.13. The first-order valence-corrected chi connectivity index (χ1v) is 5.40. The maximum atomic E-state index is 12.9. The molecule has 1 aromatic rings. The van der Waals surface area contributed by atoms with Gasteiger partial charge >= 0.3 is 5.97 Å². The standard InChI is InChI=1S/C12H13F2NO2/c1-17-12(16)9-5-7-3-2-4-15-10(7)6-8(9)11(13)14/h5-6,11,15H,2-4H2,1H3. The summed E-state index contributed by atoms with van der Waals surface area (Å²) in [5.74, 6) is -0.714. The van der Waals surface area contributed by atoms with Crippen LogP contribution in [0.2, 0.25) is 0 Å². The molecule has 3 nitrogen and oxygen atoms in total. The quantitative estimate of drug-likeness (QED) is 0.809. The van der Waals surface area contributed by atoms with Gasteiger partial charge in [0, 0.05) is 17.8 Å². The second kappa shape index (κ2) is 4.69. The molecule has 0 amide bonds. The van der Waals surface area contributed by atoms with Crippen LogP contribution in [0.5, 0.6) is 0 Å². The lowest BCUT2D eigenvalue weighted by molar-refractivity contribution is 0.0589. The van der Waals surface area contributed by atoms with Gasteiger partial charge in [0.05, 0.1) is 12.7 Å². The summed E-state index contributed by atoms with van der Waals surface area (Å²) in [6, 6.07) is 2.86. The van der Waals surface area contributed by atoms with Gasteiger partial charge in [0.25, 0.3) is 6.43 Å². The molecule has 1 aromatic carbocycles. The smallest absolute Gasteiger partial charge is 0.338 e. The minimum atomic E-state index is -2.68. The van der Waals surface area contributed by atoms with Crippen molar-refractivity contribution in [2.45, 2.75) is 19.3 Å². The average molecular weight is 241 g/mol. The zero-order valence-electron chi connectivity index (χ0n) is 9.43. The zero-order valence-corrected chi connectivity index (χ0v) is 9.43. The van der Waals surface area contributed by atoms with Crippen LogP contribution in [0.25, 0.3) is 0 Å². The van der Waals surface area contributed by atoms with E-state index < -0.39 is 12.4 Å². The number of alkyl halides is 2. The van der Waals surface area contributed by atoms with Crippen molar-refractivity contribution in [1.82, 2.24) is 0 Å². The summed E-state index contributed by atoms with van der Waals surface area (Å²) < 4.78 is 30.2. The lowest BCUT2D eigenvalue weighted by Crippen LogP contribution is -2.15. The fourth-order valence-electron chi connectivity index (χ4n) is 2.00. The van der Waals surface area contributed by atoms with Crippen LogP contribution in [0, 0.1) is 0 Å². The van der Waals surface area contributed by atoms with E-state index in [2.05, 4.69) is 10.1 Å². The number of aryl methyl sites for hydroxylation is 1. The van der Waals surface area contributed by atoms with Crippen molar-refractivity contribution >= 4 is 11.7 Å². The molecule has 0 fully saturated rings. The number of benzene rings is 1. The van der Waals surface area contributed by atoms with Crippen molar-refractivity contribution in [3.05, 3.63) is 28.8 Å². The highest BCUT2D eigenvalue weighted by Crippen LogP contribution is 2.31. The van der Waals surface area contributed by atoms with E-state index in [9.17, 15) is 13.6 Å². The van der Waals surface area contributed by atoms with Gasteiger partial charge in [0.1, 0.15) is 0 Å². The predicted octanol–water partition coefficient (Wildman–Crippen LogP) is 2.77. The molecule has 0 atom stereocenters. The topological polar surface area (TPSA) is 38.3 Å². The fourth-order valence-corrected chi connectivity index (χ4v) is 2.00. The number of methoxy groups -OCH3 is 1. The van der Waals surface area contributed by atoms with Gasteiger partial charge in [0.15, 0.2) is 0 Å². The van der Waals surface area contributed by atoms with E-state index in [1.54, 1.807) is 0 Å².